The molecule has 4 heterocycles. The van der Waals surface area contributed by atoms with E-state index in [0.717, 1.165) is 11.3 Å². The van der Waals surface area contributed by atoms with Crippen molar-refractivity contribution in [2.24, 2.45) is 13.0 Å². The molecule has 0 amide bonds. The average Bonchev–Trinajstić information content (AvgIpc) is 3.22. The molecule has 3 aromatic heterocycles. The zero-order valence-electron chi connectivity index (χ0n) is 15.5. The third kappa shape index (κ3) is 2.31. The Morgan fingerprint density at radius 2 is 1.96 bits per heavy atom. The largest absolute Gasteiger partial charge is 0.390 e. The summed E-state index contributed by atoms with van der Waals surface area (Å²) >= 11 is 0. The number of nitrogen functional groups attached to an aromatic ring is 1. The number of rotatable bonds is 2. The van der Waals surface area contributed by atoms with Crippen LogP contribution in [0.1, 0.15) is 31.3 Å². The Kier molecular flexibility index (Phi) is 3.74. The molecule has 9 nitrogen and oxygen atoms in total. The van der Waals surface area contributed by atoms with Crippen molar-refractivity contribution < 1.29 is 9.84 Å². The van der Waals surface area contributed by atoms with Gasteiger partial charge in [-0.05, 0) is 20.8 Å². The normalized spacial score (nSPS) is 26.1. The maximum absolute atomic E-state index is 10.2. The molecule has 4 rings (SSSR count). The molecule has 4 atom stereocenters. The van der Waals surface area contributed by atoms with Crippen molar-refractivity contribution in [1.82, 2.24) is 29.3 Å². The Balaban J connectivity index is 1.88. The van der Waals surface area contributed by atoms with Crippen LogP contribution in [-0.2, 0) is 11.8 Å². The number of anilines is 1. The number of imidazole rings is 1. The van der Waals surface area contributed by atoms with Crippen molar-refractivity contribution in [1.29, 1.82) is 0 Å². The zero-order valence-corrected chi connectivity index (χ0v) is 15.5. The summed E-state index contributed by atoms with van der Waals surface area (Å²) in [6.07, 6.45) is 0.476. The van der Waals surface area contributed by atoms with Gasteiger partial charge in [-0.3, -0.25) is 9.25 Å². The summed E-state index contributed by atoms with van der Waals surface area (Å²) in [4.78, 5) is 13.4. The maximum Gasteiger partial charge on any atom is 0.184 e. The second-order valence-corrected chi connectivity index (χ2v) is 7.02. The van der Waals surface area contributed by atoms with Crippen LogP contribution in [-0.4, -0.2) is 46.6 Å². The van der Waals surface area contributed by atoms with E-state index in [0.29, 0.717) is 28.5 Å². The molecular formula is C17H23N7O2. The van der Waals surface area contributed by atoms with Crippen LogP contribution >= 0.6 is 0 Å². The summed E-state index contributed by atoms with van der Waals surface area (Å²) in [5.74, 6) is 0.656. The van der Waals surface area contributed by atoms with Crippen molar-refractivity contribution in [3.8, 4) is 11.5 Å². The molecule has 138 valence electrons. The Morgan fingerprint density at radius 3 is 2.54 bits per heavy atom. The van der Waals surface area contributed by atoms with E-state index in [1.165, 1.54) is 0 Å². The van der Waals surface area contributed by atoms with Gasteiger partial charge in [-0.1, -0.05) is 6.92 Å². The number of aliphatic hydroxyl groups excluding tert-OH is 1. The third-order valence-electron chi connectivity index (χ3n) is 5.39. The van der Waals surface area contributed by atoms with Crippen LogP contribution in [0.15, 0.2) is 6.33 Å². The Hall–Kier alpha value is -2.52. The number of aryl methyl sites for hydroxylation is 1. The van der Waals surface area contributed by atoms with Gasteiger partial charge in [0.05, 0.1) is 18.5 Å². The smallest absolute Gasteiger partial charge is 0.184 e. The summed E-state index contributed by atoms with van der Waals surface area (Å²) in [7, 11) is 1.88. The molecule has 3 N–H and O–H groups in total. The van der Waals surface area contributed by atoms with E-state index in [-0.39, 0.29) is 18.2 Å². The number of hydrogen-bond acceptors (Lipinski definition) is 7. The fraction of sp³-hybridized carbons (Fsp3) is 0.529. The van der Waals surface area contributed by atoms with Gasteiger partial charge in [-0.2, -0.15) is 5.10 Å². The van der Waals surface area contributed by atoms with Gasteiger partial charge < -0.3 is 15.6 Å². The van der Waals surface area contributed by atoms with E-state index in [4.69, 9.17) is 10.5 Å². The number of aromatic nitrogens is 6. The minimum atomic E-state index is -0.545. The lowest BCUT2D eigenvalue weighted by molar-refractivity contribution is -0.00992. The molecule has 0 spiro atoms. The number of aliphatic hydroxyl groups is 1. The molecule has 1 aliphatic rings. The SMILES string of the molecule is Cc1c(-c2nc(N)c3ncn(C4OC(C)C(O)C4C)c3n2)nn(C)c1C. The molecular weight excluding hydrogens is 334 g/mol. The van der Waals surface area contributed by atoms with E-state index in [1.807, 2.05) is 39.3 Å². The second kappa shape index (κ2) is 5.75. The van der Waals surface area contributed by atoms with E-state index in [1.54, 1.807) is 11.0 Å². The van der Waals surface area contributed by atoms with Crippen LogP contribution < -0.4 is 5.73 Å². The van der Waals surface area contributed by atoms with Gasteiger partial charge in [0.1, 0.15) is 17.4 Å². The zero-order chi connectivity index (χ0) is 18.7. The molecule has 0 bridgehead atoms. The molecule has 3 aromatic rings. The highest BCUT2D eigenvalue weighted by Gasteiger charge is 2.40. The fourth-order valence-electron chi connectivity index (χ4n) is 3.50. The molecule has 4 unspecified atom stereocenters. The Labute approximate surface area is 150 Å². The first-order chi connectivity index (χ1) is 12.3. The summed E-state index contributed by atoms with van der Waals surface area (Å²) < 4.78 is 9.54. The van der Waals surface area contributed by atoms with Gasteiger partial charge in [0.15, 0.2) is 17.3 Å². The topological polar surface area (TPSA) is 117 Å². The Bertz CT molecular complexity index is 993. The average molecular weight is 357 g/mol. The van der Waals surface area contributed by atoms with Crippen molar-refractivity contribution in [2.75, 3.05) is 5.73 Å². The summed E-state index contributed by atoms with van der Waals surface area (Å²) in [6.45, 7) is 7.78. The van der Waals surface area contributed by atoms with Gasteiger partial charge in [0.25, 0.3) is 0 Å². The summed E-state index contributed by atoms with van der Waals surface area (Å²) in [6, 6.07) is 0. The number of fused-ring (bicyclic) bond motifs is 1. The molecule has 1 aliphatic heterocycles. The van der Waals surface area contributed by atoms with E-state index in [9.17, 15) is 5.11 Å². The number of nitrogens with two attached hydrogens (primary N) is 1. The van der Waals surface area contributed by atoms with Crippen molar-refractivity contribution in [3.63, 3.8) is 0 Å². The molecule has 0 aliphatic carbocycles. The molecule has 0 aromatic carbocycles. The maximum atomic E-state index is 10.2. The van der Waals surface area contributed by atoms with Crippen molar-refractivity contribution in [3.05, 3.63) is 17.6 Å². The highest BCUT2D eigenvalue weighted by molar-refractivity contribution is 5.83. The predicted molar refractivity (Wildman–Crippen MR) is 96.2 cm³/mol. The Morgan fingerprint density at radius 1 is 1.23 bits per heavy atom. The van der Waals surface area contributed by atoms with Crippen LogP contribution in [0.25, 0.3) is 22.7 Å². The van der Waals surface area contributed by atoms with Gasteiger partial charge in [0, 0.05) is 24.2 Å². The minimum Gasteiger partial charge on any atom is -0.390 e. The lowest BCUT2D eigenvalue weighted by Gasteiger charge is -2.17. The summed E-state index contributed by atoms with van der Waals surface area (Å²) in [5, 5.41) is 14.7. The monoisotopic (exact) mass is 357 g/mol. The third-order valence-corrected chi connectivity index (χ3v) is 5.39. The van der Waals surface area contributed by atoms with Crippen LogP contribution in [0.2, 0.25) is 0 Å². The van der Waals surface area contributed by atoms with Gasteiger partial charge in [-0.15, -0.1) is 0 Å². The molecule has 26 heavy (non-hydrogen) atoms. The standard InChI is InChI=1S/C17H23N7O2/c1-7-9(3)23(5)22-11(7)15-20-14(18)12-16(21-15)24(6-19-12)17-8(2)13(25)10(4)26-17/h6,8,10,13,17,25H,1-5H3,(H2,18,20,21). The van der Waals surface area contributed by atoms with Gasteiger partial charge in [-0.25, -0.2) is 15.0 Å². The molecule has 1 fully saturated rings. The van der Waals surface area contributed by atoms with E-state index < -0.39 is 6.10 Å². The highest BCUT2D eigenvalue weighted by atomic mass is 16.5. The van der Waals surface area contributed by atoms with Crippen LogP contribution in [0.3, 0.4) is 0 Å². The van der Waals surface area contributed by atoms with Crippen molar-refractivity contribution >= 4 is 17.0 Å². The van der Waals surface area contributed by atoms with Gasteiger partial charge >= 0.3 is 0 Å². The second-order valence-electron chi connectivity index (χ2n) is 7.02. The lowest BCUT2D eigenvalue weighted by atomic mass is 10.0. The first-order valence-corrected chi connectivity index (χ1v) is 8.63. The number of nitrogens with zero attached hydrogens (tertiary/aromatic N) is 6. The van der Waals surface area contributed by atoms with Crippen LogP contribution in [0.5, 0.6) is 0 Å². The van der Waals surface area contributed by atoms with E-state index in [2.05, 4.69) is 20.1 Å². The minimum absolute atomic E-state index is 0.0964. The quantitative estimate of drug-likeness (QED) is 0.711. The van der Waals surface area contributed by atoms with Crippen LogP contribution in [0, 0.1) is 19.8 Å². The fourth-order valence-corrected chi connectivity index (χ4v) is 3.50. The first-order valence-electron chi connectivity index (χ1n) is 8.63. The first kappa shape index (κ1) is 16.9. The van der Waals surface area contributed by atoms with E-state index >= 15 is 0 Å². The molecule has 1 saturated heterocycles. The highest BCUT2D eigenvalue weighted by Crippen LogP contribution is 2.36. The predicted octanol–water partition coefficient (Wildman–Crippen LogP) is 1.34. The number of hydrogen-bond donors (Lipinski definition) is 2. The lowest BCUT2D eigenvalue weighted by Crippen LogP contribution is -2.22. The molecule has 0 saturated carbocycles. The number of ether oxygens (including phenoxy) is 1. The van der Waals surface area contributed by atoms with Crippen LogP contribution in [0.4, 0.5) is 5.82 Å². The molecule has 9 heteroatoms. The molecule has 0 radical (unpaired) electrons. The van der Waals surface area contributed by atoms with Gasteiger partial charge in [0.2, 0.25) is 0 Å². The summed E-state index contributed by atoms with van der Waals surface area (Å²) in [5.41, 5.74) is 9.98. The van der Waals surface area contributed by atoms with Crippen molar-refractivity contribution in [2.45, 2.75) is 46.1 Å².